The molecule has 3 heteroatoms. The Morgan fingerprint density at radius 1 is 1.58 bits per heavy atom. The van der Waals surface area contributed by atoms with Crippen LogP contribution in [0.2, 0.25) is 0 Å². The molecule has 68 valence electrons. The largest absolute Gasteiger partial charge is 0.320 e. The van der Waals surface area contributed by atoms with Crippen molar-refractivity contribution in [3.05, 3.63) is 17.5 Å². The number of nitrogens with zero attached hydrogens (tertiary/aromatic N) is 2. The Morgan fingerprint density at radius 2 is 2.33 bits per heavy atom. The highest BCUT2D eigenvalue weighted by atomic mass is 15.3. The SMILES string of the molecule is CNCCCc1cc(C)n(C)n1. The third-order valence-electron chi connectivity index (χ3n) is 2.02. The van der Waals surface area contributed by atoms with Gasteiger partial charge in [0.05, 0.1) is 5.69 Å². The van der Waals surface area contributed by atoms with Crippen molar-refractivity contribution < 1.29 is 0 Å². The molecule has 0 aliphatic heterocycles. The van der Waals surface area contributed by atoms with Crippen LogP contribution in [0.25, 0.3) is 0 Å². The minimum absolute atomic E-state index is 1.07. The minimum Gasteiger partial charge on any atom is -0.320 e. The zero-order valence-electron chi connectivity index (χ0n) is 8.09. The molecular weight excluding hydrogens is 150 g/mol. The maximum absolute atomic E-state index is 4.37. The van der Waals surface area contributed by atoms with Crippen LogP contribution in [0.4, 0.5) is 0 Å². The number of aryl methyl sites for hydroxylation is 3. The van der Waals surface area contributed by atoms with Gasteiger partial charge in [-0.05, 0) is 39.4 Å². The summed E-state index contributed by atoms with van der Waals surface area (Å²) in [6.45, 7) is 3.14. The summed E-state index contributed by atoms with van der Waals surface area (Å²) in [5, 5.41) is 7.50. The highest BCUT2D eigenvalue weighted by Gasteiger charge is 1.99. The van der Waals surface area contributed by atoms with E-state index >= 15 is 0 Å². The Labute approximate surface area is 73.8 Å². The first-order chi connectivity index (χ1) is 5.74. The smallest absolute Gasteiger partial charge is 0.0627 e. The van der Waals surface area contributed by atoms with E-state index in [-0.39, 0.29) is 0 Å². The van der Waals surface area contributed by atoms with Crippen LogP contribution in [0.5, 0.6) is 0 Å². The van der Waals surface area contributed by atoms with Gasteiger partial charge in [0.1, 0.15) is 0 Å². The molecule has 1 aromatic heterocycles. The van der Waals surface area contributed by atoms with Gasteiger partial charge in [-0.25, -0.2) is 0 Å². The van der Waals surface area contributed by atoms with Gasteiger partial charge >= 0.3 is 0 Å². The predicted octanol–water partition coefficient (Wildman–Crippen LogP) is 0.881. The monoisotopic (exact) mass is 167 g/mol. The Hall–Kier alpha value is -0.830. The zero-order chi connectivity index (χ0) is 8.97. The quantitative estimate of drug-likeness (QED) is 0.675. The van der Waals surface area contributed by atoms with Gasteiger partial charge in [0.15, 0.2) is 0 Å². The van der Waals surface area contributed by atoms with Gasteiger partial charge in [-0.1, -0.05) is 0 Å². The molecule has 0 saturated carbocycles. The summed E-state index contributed by atoms with van der Waals surface area (Å²) in [5.41, 5.74) is 2.43. The van der Waals surface area contributed by atoms with Crippen LogP contribution in [0.1, 0.15) is 17.8 Å². The fourth-order valence-corrected chi connectivity index (χ4v) is 1.20. The molecule has 3 nitrogen and oxygen atoms in total. The molecule has 1 aromatic rings. The molecule has 0 atom stereocenters. The Balaban J connectivity index is 2.42. The standard InChI is InChI=1S/C9H17N3/c1-8-7-9(11-12(8)3)5-4-6-10-2/h7,10H,4-6H2,1-3H3. The molecule has 0 bridgehead atoms. The number of nitrogens with one attached hydrogen (secondary N) is 1. The normalized spacial score (nSPS) is 10.6. The van der Waals surface area contributed by atoms with Crippen LogP contribution in [0.3, 0.4) is 0 Å². The fraction of sp³-hybridized carbons (Fsp3) is 0.667. The van der Waals surface area contributed by atoms with Gasteiger partial charge in [-0.15, -0.1) is 0 Å². The van der Waals surface area contributed by atoms with E-state index in [1.807, 2.05) is 18.8 Å². The second-order valence-corrected chi connectivity index (χ2v) is 3.11. The van der Waals surface area contributed by atoms with Gasteiger partial charge in [0.25, 0.3) is 0 Å². The van der Waals surface area contributed by atoms with Crippen molar-refractivity contribution in [2.45, 2.75) is 19.8 Å². The number of hydrogen-bond acceptors (Lipinski definition) is 2. The molecule has 0 fully saturated rings. The van der Waals surface area contributed by atoms with Crippen LogP contribution in [0, 0.1) is 6.92 Å². The molecule has 0 aliphatic carbocycles. The molecule has 0 amide bonds. The summed E-state index contributed by atoms with van der Waals surface area (Å²) >= 11 is 0. The Kier molecular flexibility index (Phi) is 3.29. The van der Waals surface area contributed by atoms with Crippen molar-refractivity contribution in [3.8, 4) is 0 Å². The first kappa shape index (κ1) is 9.26. The third-order valence-corrected chi connectivity index (χ3v) is 2.02. The lowest BCUT2D eigenvalue weighted by atomic mass is 10.2. The van der Waals surface area contributed by atoms with Crippen LogP contribution in [-0.2, 0) is 13.5 Å². The second-order valence-electron chi connectivity index (χ2n) is 3.11. The Bertz CT molecular complexity index is 220. The lowest BCUT2D eigenvalue weighted by molar-refractivity contribution is 0.683. The van der Waals surface area contributed by atoms with Crippen molar-refractivity contribution in [2.75, 3.05) is 13.6 Å². The summed E-state index contributed by atoms with van der Waals surface area (Å²) in [4.78, 5) is 0. The third kappa shape index (κ3) is 2.34. The molecule has 1 rings (SSSR count). The van der Waals surface area contributed by atoms with Gasteiger partial charge in [0.2, 0.25) is 0 Å². The highest BCUT2D eigenvalue weighted by molar-refractivity contribution is 5.08. The maximum atomic E-state index is 4.37. The van der Waals surface area contributed by atoms with Crippen LogP contribution in [0.15, 0.2) is 6.07 Å². The second kappa shape index (κ2) is 4.26. The Morgan fingerprint density at radius 3 is 2.83 bits per heavy atom. The molecule has 0 radical (unpaired) electrons. The van der Waals surface area contributed by atoms with Crippen molar-refractivity contribution >= 4 is 0 Å². The highest BCUT2D eigenvalue weighted by Crippen LogP contribution is 2.03. The van der Waals surface area contributed by atoms with Crippen LogP contribution in [-0.4, -0.2) is 23.4 Å². The van der Waals surface area contributed by atoms with E-state index in [1.54, 1.807) is 0 Å². The lowest BCUT2D eigenvalue weighted by Crippen LogP contribution is -2.08. The van der Waals surface area contributed by atoms with E-state index in [1.165, 1.54) is 11.4 Å². The summed E-state index contributed by atoms with van der Waals surface area (Å²) in [7, 11) is 3.96. The van der Waals surface area contributed by atoms with E-state index in [2.05, 4.69) is 23.4 Å². The molecule has 1 N–H and O–H groups in total. The fourth-order valence-electron chi connectivity index (χ4n) is 1.20. The lowest BCUT2D eigenvalue weighted by Gasteiger charge is -1.95. The zero-order valence-corrected chi connectivity index (χ0v) is 8.09. The average Bonchev–Trinajstić information content (AvgIpc) is 2.32. The van der Waals surface area contributed by atoms with Gasteiger partial charge < -0.3 is 5.32 Å². The van der Waals surface area contributed by atoms with Gasteiger partial charge in [0, 0.05) is 12.7 Å². The predicted molar refractivity (Wildman–Crippen MR) is 50.2 cm³/mol. The summed E-state index contributed by atoms with van der Waals surface area (Å²) < 4.78 is 1.93. The number of rotatable bonds is 4. The molecule has 0 unspecified atom stereocenters. The van der Waals surface area contributed by atoms with Gasteiger partial charge in [-0.3, -0.25) is 4.68 Å². The van der Waals surface area contributed by atoms with Crippen LogP contribution >= 0.6 is 0 Å². The number of aromatic nitrogens is 2. The van der Waals surface area contributed by atoms with E-state index in [0.717, 1.165) is 19.4 Å². The van der Waals surface area contributed by atoms with E-state index in [9.17, 15) is 0 Å². The summed E-state index contributed by atoms with van der Waals surface area (Å²) in [5.74, 6) is 0. The van der Waals surface area contributed by atoms with E-state index in [4.69, 9.17) is 0 Å². The van der Waals surface area contributed by atoms with Crippen molar-refractivity contribution in [2.24, 2.45) is 7.05 Å². The van der Waals surface area contributed by atoms with E-state index < -0.39 is 0 Å². The average molecular weight is 167 g/mol. The first-order valence-electron chi connectivity index (χ1n) is 4.38. The van der Waals surface area contributed by atoms with Crippen molar-refractivity contribution in [1.29, 1.82) is 0 Å². The first-order valence-corrected chi connectivity index (χ1v) is 4.38. The van der Waals surface area contributed by atoms with Crippen molar-refractivity contribution in [1.82, 2.24) is 15.1 Å². The topological polar surface area (TPSA) is 29.9 Å². The maximum Gasteiger partial charge on any atom is 0.0627 e. The summed E-state index contributed by atoms with van der Waals surface area (Å²) in [6, 6.07) is 2.15. The molecule has 0 aliphatic rings. The van der Waals surface area contributed by atoms with E-state index in [0.29, 0.717) is 0 Å². The molecule has 0 aromatic carbocycles. The van der Waals surface area contributed by atoms with Crippen LogP contribution < -0.4 is 5.32 Å². The molecule has 1 heterocycles. The molecular formula is C9H17N3. The van der Waals surface area contributed by atoms with Gasteiger partial charge in [-0.2, -0.15) is 5.10 Å². The molecule has 0 spiro atoms. The minimum atomic E-state index is 1.07. The molecule has 0 saturated heterocycles. The summed E-state index contributed by atoms with van der Waals surface area (Å²) in [6.07, 6.45) is 2.23. The number of hydrogen-bond donors (Lipinski definition) is 1. The van der Waals surface area contributed by atoms with Crippen molar-refractivity contribution in [3.63, 3.8) is 0 Å². The molecule has 12 heavy (non-hydrogen) atoms.